The minimum Gasteiger partial charge on any atom is -0.490 e. The molecule has 0 unspecified atom stereocenters. The number of nitrogens with one attached hydrogen (secondary N) is 1. The molecule has 1 amide bonds. The normalized spacial score (nSPS) is 24.3. The second kappa shape index (κ2) is 6.95. The number of imidazole rings is 1. The number of anilines is 1. The number of rotatable bonds is 6. The third-order valence-corrected chi connectivity index (χ3v) is 6.04. The predicted molar refractivity (Wildman–Crippen MR) is 115 cm³/mol. The summed E-state index contributed by atoms with van der Waals surface area (Å²) in [4.78, 5) is 22.2. The van der Waals surface area contributed by atoms with E-state index in [4.69, 9.17) is 19.2 Å². The molecule has 8 heteroatoms. The number of hydrogen-bond acceptors (Lipinski definition) is 6. The Labute approximate surface area is 180 Å². The Balaban J connectivity index is 1.52. The minimum absolute atomic E-state index is 0.0183. The summed E-state index contributed by atoms with van der Waals surface area (Å²) in [5, 5.41) is 2.88. The van der Waals surface area contributed by atoms with Crippen LogP contribution in [-0.4, -0.2) is 45.7 Å². The molecule has 0 atom stereocenters. The van der Waals surface area contributed by atoms with Crippen LogP contribution in [0.2, 0.25) is 0 Å². The fourth-order valence-corrected chi connectivity index (χ4v) is 4.78. The molecule has 5 heterocycles. The molecule has 31 heavy (non-hydrogen) atoms. The average molecular weight is 422 g/mol. The largest absolute Gasteiger partial charge is 0.490 e. The van der Waals surface area contributed by atoms with Crippen molar-refractivity contribution in [1.29, 1.82) is 0 Å². The first-order valence-corrected chi connectivity index (χ1v) is 10.5. The van der Waals surface area contributed by atoms with Gasteiger partial charge in [0.1, 0.15) is 17.1 Å². The zero-order valence-electron chi connectivity index (χ0n) is 18.1. The Morgan fingerprint density at radius 3 is 2.81 bits per heavy atom. The van der Waals surface area contributed by atoms with Crippen LogP contribution in [0.4, 0.5) is 5.69 Å². The van der Waals surface area contributed by atoms with Crippen LogP contribution >= 0.6 is 0 Å². The fourth-order valence-electron chi connectivity index (χ4n) is 4.78. The van der Waals surface area contributed by atoms with Crippen LogP contribution in [0.5, 0.6) is 11.6 Å². The van der Waals surface area contributed by atoms with Crippen LogP contribution in [0.3, 0.4) is 0 Å². The molecule has 0 radical (unpaired) electrons. The fraction of sp³-hybridized carbons (Fsp3) is 0.435. The van der Waals surface area contributed by atoms with Gasteiger partial charge in [0, 0.05) is 30.1 Å². The van der Waals surface area contributed by atoms with Crippen molar-refractivity contribution in [2.75, 3.05) is 19.0 Å². The van der Waals surface area contributed by atoms with Gasteiger partial charge in [-0.3, -0.25) is 4.79 Å². The van der Waals surface area contributed by atoms with Crippen molar-refractivity contribution in [1.82, 2.24) is 14.4 Å². The lowest BCUT2D eigenvalue weighted by Gasteiger charge is -2.41. The number of amides is 1. The summed E-state index contributed by atoms with van der Waals surface area (Å²) in [6, 6.07) is 5.31. The van der Waals surface area contributed by atoms with Crippen LogP contribution < -0.4 is 14.8 Å². The van der Waals surface area contributed by atoms with E-state index >= 15 is 0 Å². The van der Waals surface area contributed by atoms with E-state index in [9.17, 15) is 4.79 Å². The first kappa shape index (κ1) is 19.8. The maximum Gasteiger partial charge on any atom is 0.261 e. The molecule has 6 rings (SSSR count). The van der Waals surface area contributed by atoms with Gasteiger partial charge in [-0.2, -0.15) is 0 Å². The van der Waals surface area contributed by atoms with E-state index in [0.717, 1.165) is 24.2 Å². The predicted octanol–water partition coefficient (Wildman–Crippen LogP) is 3.60. The minimum atomic E-state index is -0.308. The number of pyridine rings is 2. The third kappa shape index (κ3) is 3.31. The van der Waals surface area contributed by atoms with Crippen LogP contribution in [0.25, 0.3) is 5.65 Å². The van der Waals surface area contributed by atoms with Gasteiger partial charge in [-0.1, -0.05) is 0 Å². The van der Waals surface area contributed by atoms with Gasteiger partial charge < -0.3 is 23.9 Å². The van der Waals surface area contributed by atoms with Crippen molar-refractivity contribution in [3.8, 4) is 11.6 Å². The van der Waals surface area contributed by atoms with E-state index in [1.165, 1.54) is 7.11 Å². The van der Waals surface area contributed by atoms with E-state index in [2.05, 4.69) is 17.2 Å². The molecule has 1 aliphatic carbocycles. The monoisotopic (exact) mass is 422 g/mol. The standard InChI is InChI=1S/C23H26N4O4/c1-14(2)31-17-8-19-26-18(23-11-22(3,12-23)30-13-23)10-27(19)9-15(17)20(28)25-16-6-5-7-24-21(16)29-4/h5-10,14H,11-13H2,1-4H3,(H,25,28). The Morgan fingerprint density at radius 1 is 1.32 bits per heavy atom. The maximum atomic E-state index is 13.2. The first-order valence-electron chi connectivity index (χ1n) is 10.5. The van der Waals surface area contributed by atoms with Gasteiger partial charge in [-0.25, -0.2) is 9.97 Å². The number of aromatic nitrogens is 3. The topological polar surface area (TPSA) is 87.0 Å². The molecule has 2 bridgehead atoms. The molecule has 0 aromatic carbocycles. The van der Waals surface area contributed by atoms with Gasteiger partial charge in [0.05, 0.1) is 36.7 Å². The van der Waals surface area contributed by atoms with Crippen LogP contribution in [0, 0.1) is 0 Å². The van der Waals surface area contributed by atoms with Crippen molar-refractivity contribution in [2.45, 2.75) is 50.7 Å². The lowest BCUT2D eigenvalue weighted by atomic mass is 9.62. The Bertz CT molecular complexity index is 1160. The van der Waals surface area contributed by atoms with E-state index in [1.807, 2.05) is 30.5 Å². The molecule has 3 aliphatic rings. The van der Waals surface area contributed by atoms with Gasteiger partial charge in [-0.15, -0.1) is 0 Å². The molecule has 1 saturated carbocycles. The van der Waals surface area contributed by atoms with Crippen molar-refractivity contribution in [3.63, 3.8) is 0 Å². The van der Waals surface area contributed by atoms with Crippen LogP contribution in [0.15, 0.2) is 36.8 Å². The second-order valence-corrected chi connectivity index (χ2v) is 9.00. The number of nitrogens with zero attached hydrogens (tertiary/aromatic N) is 3. The quantitative estimate of drug-likeness (QED) is 0.653. The molecule has 2 saturated heterocycles. The molecule has 8 nitrogen and oxygen atoms in total. The molecule has 3 fully saturated rings. The summed E-state index contributed by atoms with van der Waals surface area (Å²) >= 11 is 0. The second-order valence-electron chi connectivity index (χ2n) is 9.00. The lowest BCUT2D eigenvalue weighted by molar-refractivity contribution is 0.0154. The van der Waals surface area contributed by atoms with Gasteiger partial charge in [0.25, 0.3) is 5.91 Å². The maximum absolute atomic E-state index is 13.2. The molecular weight excluding hydrogens is 396 g/mol. The van der Waals surface area contributed by atoms with E-state index in [1.54, 1.807) is 24.5 Å². The molecule has 0 spiro atoms. The molecule has 1 N–H and O–H groups in total. The molecule has 2 aliphatic heterocycles. The Kier molecular flexibility index (Phi) is 4.44. The zero-order valence-corrected chi connectivity index (χ0v) is 18.1. The third-order valence-electron chi connectivity index (χ3n) is 6.04. The Morgan fingerprint density at radius 2 is 2.13 bits per heavy atom. The summed E-state index contributed by atoms with van der Waals surface area (Å²) in [5.41, 5.74) is 2.61. The van der Waals surface area contributed by atoms with Crippen molar-refractivity contribution in [2.24, 2.45) is 0 Å². The average Bonchev–Trinajstić information content (AvgIpc) is 3.37. The zero-order chi connectivity index (χ0) is 21.8. The SMILES string of the molecule is COc1ncccc1NC(=O)c1cn2cc(C34COC(C)(C3)C4)nc2cc1OC(C)C. The molecule has 162 valence electrons. The number of hydrogen-bond donors (Lipinski definition) is 1. The van der Waals surface area contributed by atoms with Crippen molar-refractivity contribution < 1.29 is 19.0 Å². The summed E-state index contributed by atoms with van der Waals surface area (Å²) in [6.07, 6.45) is 7.25. The highest BCUT2D eigenvalue weighted by atomic mass is 16.5. The smallest absolute Gasteiger partial charge is 0.261 e. The highest BCUT2D eigenvalue weighted by molar-refractivity contribution is 6.06. The number of ether oxygens (including phenoxy) is 3. The lowest BCUT2D eigenvalue weighted by Crippen LogP contribution is -2.45. The van der Waals surface area contributed by atoms with E-state index in [0.29, 0.717) is 29.5 Å². The number of fused-ring (bicyclic) bond motifs is 2. The highest BCUT2D eigenvalue weighted by Gasteiger charge is 2.61. The van der Waals surface area contributed by atoms with Gasteiger partial charge in [0.2, 0.25) is 5.88 Å². The molecule has 3 aromatic heterocycles. The Hall–Kier alpha value is -3.13. The van der Waals surface area contributed by atoms with Gasteiger partial charge in [0.15, 0.2) is 0 Å². The summed E-state index contributed by atoms with van der Waals surface area (Å²) in [6.45, 7) is 6.70. The number of methoxy groups -OCH3 is 1. The molecule has 3 aromatic rings. The van der Waals surface area contributed by atoms with Gasteiger partial charge >= 0.3 is 0 Å². The first-order chi connectivity index (χ1) is 14.8. The van der Waals surface area contributed by atoms with Crippen molar-refractivity contribution in [3.05, 3.63) is 48.0 Å². The molecular formula is C23H26N4O4. The number of carbonyl (C=O) groups is 1. The van der Waals surface area contributed by atoms with E-state index < -0.39 is 0 Å². The summed E-state index contributed by atoms with van der Waals surface area (Å²) < 4.78 is 19.0. The van der Waals surface area contributed by atoms with Crippen LogP contribution in [0.1, 0.15) is 49.7 Å². The number of carbonyl (C=O) groups excluding carboxylic acids is 1. The van der Waals surface area contributed by atoms with Crippen LogP contribution in [-0.2, 0) is 10.2 Å². The van der Waals surface area contributed by atoms with E-state index in [-0.39, 0.29) is 23.0 Å². The highest BCUT2D eigenvalue weighted by Crippen LogP contribution is 2.58. The van der Waals surface area contributed by atoms with Gasteiger partial charge in [-0.05, 0) is 45.7 Å². The summed E-state index contributed by atoms with van der Waals surface area (Å²) in [5.74, 6) is 0.526. The van der Waals surface area contributed by atoms with Crippen molar-refractivity contribution >= 4 is 17.2 Å². The summed E-state index contributed by atoms with van der Waals surface area (Å²) in [7, 11) is 1.52.